The third kappa shape index (κ3) is 3.39. The van der Waals surface area contributed by atoms with Gasteiger partial charge in [-0.3, -0.25) is 0 Å². The molecule has 1 aromatic carbocycles. The summed E-state index contributed by atoms with van der Waals surface area (Å²) in [4.78, 5) is 15.1. The Hall–Kier alpha value is -1.10. The molecular weight excluding hydrogens is 331 g/mol. The third-order valence-corrected chi connectivity index (χ3v) is 4.32. The molecule has 2 aromatic rings. The van der Waals surface area contributed by atoms with Gasteiger partial charge in [0, 0.05) is 18.7 Å². The van der Waals surface area contributed by atoms with E-state index in [2.05, 4.69) is 19.9 Å². The van der Waals surface area contributed by atoms with Crippen LogP contribution in [0.4, 0.5) is 5.95 Å². The van der Waals surface area contributed by atoms with Gasteiger partial charge in [0.1, 0.15) is 0 Å². The van der Waals surface area contributed by atoms with Crippen LogP contribution in [0.1, 0.15) is 19.3 Å². The van der Waals surface area contributed by atoms with Gasteiger partial charge in [-0.05, 0) is 49.1 Å². The molecule has 4 nitrogen and oxygen atoms in total. The van der Waals surface area contributed by atoms with Crippen molar-refractivity contribution in [3.05, 3.63) is 33.5 Å². The molecular formula is C14H13Cl3N4. The molecule has 0 atom stereocenters. The van der Waals surface area contributed by atoms with Crippen molar-refractivity contribution in [3.8, 4) is 11.4 Å². The maximum atomic E-state index is 6.05. The predicted octanol–water partition coefficient (Wildman–Crippen LogP) is 4.49. The lowest BCUT2D eigenvalue weighted by Gasteiger charge is -2.26. The summed E-state index contributed by atoms with van der Waals surface area (Å²) in [5, 5.41) is 1.15. The topological polar surface area (TPSA) is 41.9 Å². The normalized spacial score (nSPS) is 15.3. The van der Waals surface area contributed by atoms with Crippen molar-refractivity contribution in [2.24, 2.45) is 0 Å². The summed E-state index contributed by atoms with van der Waals surface area (Å²) in [6.07, 6.45) is 3.53. The minimum Gasteiger partial charge on any atom is -0.341 e. The lowest BCUT2D eigenvalue weighted by molar-refractivity contribution is 0.567. The summed E-state index contributed by atoms with van der Waals surface area (Å²) in [5.41, 5.74) is 0.770. The molecule has 3 rings (SSSR count). The predicted molar refractivity (Wildman–Crippen MR) is 86.4 cm³/mol. The van der Waals surface area contributed by atoms with E-state index in [0.29, 0.717) is 21.8 Å². The Morgan fingerprint density at radius 3 is 2.33 bits per heavy atom. The molecule has 0 N–H and O–H groups in total. The highest BCUT2D eigenvalue weighted by Gasteiger charge is 2.16. The van der Waals surface area contributed by atoms with E-state index in [1.54, 1.807) is 12.1 Å². The first-order valence-corrected chi connectivity index (χ1v) is 7.89. The molecule has 0 unspecified atom stereocenters. The Kier molecular flexibility index (Phi) is 4.48. The Labute approximate surface area is 138 Å². The van der Waals surface area contributed by atoms with Crippen molar-refractivity contribution in [1.29, 1.82) is 0 Å². The first-order valence-electron chi connectivity index (χ1n) is 6.75. The Morgan fingerprint density at radius 2 is 1.62 bits per heavy atom. The second-order valence-electron chi connectivity index (χ2n) is 4.90. The van der Waals surface area contributed by atoms with Crippen molar-refractivity contribution >= 4 is 40.8 Å². The fourth-order valence-corrected chi connectivity index (χ4v) is 2.79. The first-order chi connectivity index (χ1) is 10.1. The van der Waals surface area contributed by atoms with E-state index in [9.17, 15) is 0 Å². The van der Waals surface area contributed by atoms with E-state index < -0.39 is 0 Å². The molecule has 1 aliphatic heterocycles. The van der Waals surface area contributed by atoms with Gasteiger partial charge < -0.3 is 4.90 Å². The highest BCUT2D eigenvalue weighted by atomic mass is 35.5. The quantitative estimate of drug-likeness (QED) is 0.805. The molecule has 0 amide bonds. The number of hydrogen-bond acceptors (Lipinski definition) is 4. The SMILES string of the molecule is Clc1nc(-c2ccc(Cl)c(Cl)c2)nc(N2CCCCC2)n1. The summed E-state index contributed by atoms with van der Waals surface area (Å²) in [6.45, 7) is 1.89. The minimum absolute atomic E-state index is 0.187. The van der Waals surface area contributed by atoms with Crippen LogP contribution < -0.4 is 4.90 Å². The number of hydrogen-bond donors (Lipinski definition) is 0. The standard InChI is InChI=1S/C14H13Cl3N4/c15-10-5-4-9(8-11(10)16)12-18-13(17)20-14(19-12)21-6-2-1-3-7-21/h4-5,8H,1-3,6-7H2. The number of nitrogens with zero attached hydrogens (tertiary/aromatic N) is 4. The largest absolute Gasteiger partial charge is 0.341 e. The van der Waals surface area contributed by atoms with Crippen molar-refractivity contribution < 1.29 is 0 Å². The van der Waals surface area contributed by atoms with E-state index in [1.807, 2.05) is 6.07 Å². The van der Waals surface area contributed by atoms with Crippen LogP contribution in [0.3, 0.4) is 0 Å². The summed E-state index contributed by atoms with van der Waals surface area (Å²) < 4.78 is 0. The second-order valence-corrected chi connectivity index (χ2v) is 6.06. The van der Waals surface area contributed by atoms with Crippen molar-refractivity contribution in [2.75, 3.05) is 18.0 Å². The molecule has 0 radical (unpaired) electrons. The highest BCUT2D eigenvalue weighted by Crippen LogP contribution is 2.28. The van der Waals surface area contributed by atoms with Crippen molar-refractivity contribution in [1.82, 2.24) is 15.0 Å². The van der Waals surface area contributed by atoms with Crippen LogP contribution in [0.5, 0.6) is 0 Å². The zero-order chi connectivity index (χ0) is 14.8. The molecule has 21 heavy (non-hydrogen) atoms. The lowest BCUT2D eigenvalue weighted by Crippen LogP contribution is -2.31. The van der Waals surface area contributed by atoms with Crippen LogP contribution in [-0.2, 0) is 0 Å². The van der Waals surface area contributed by atoms with Crippen LogP contribution in [0.15, 0.2) is 18.2 Å². The van der Waals surface area contributed by atoms with Crippen LogP contribution in [0.25, 0.3) is 11.4 Å². The zero-order valence-electron chi connectivity index (χ0n) is 11.2. The van der Waals surface area contributed by atoms with E-state index >= 15 is 0 Å². The number of aromatic nitrogens is 3. The average molecular weight is 344 g/mol. The van der Waals surface area contributed by atoms with Crippen LogP contribution in [0.2, 0.25) is 15.3 Å². The van der Waals surface area contributed by atoms with Gasteiger partial charge in [0.15, 0.2) is 5.82 Å². The van der Waals surface area contributed by atoms with E-state index in [1.165, 1.54) is 6.42 Å². The Morgan fingerprint density at radius 1 is 0.857 bits per heavy atom. The fourth-order valence-electron chi connectivity index (χ4n) is 2.34. The molecule has 0 spiro atoms. The first kappa shape index (κ1) is 14.8. The highest BCUT2D eigenvalue weighted by molar-refractivity contribution is 6.42. The van der Waals surface area contributed by atoms with Crippen molar-refractivity contribution in [2.45, 2.75) is 19.3 Å². The van der Waals surface area contributed by atoms with Gasteiger partial charge in [-0.2, -0.15) is 15.0 Å². The third-order valence-electron chi connectivity index (χ3n) is 3.41. The minimum atomic E-state index is 0.187. The smallest absolute Gasteiger partial charge is 0.230 e. The molecule has 7 heteroatoms. The Bertz CT molecular complexity index is 657. The lowest BCUT2D eigenvalue weighted by atomic mass is 10.1. The van der Waals surface area contributed by atoms with Crippen LogP contribution in [0, 0.1) is 0 Å². The van der Waals surface area contributed by atoms with Gasteiger partial charge in [-0.25, -0.2) is 0 Å². The summed E-state index contributed by atoms with van der Waals surface area (Å²) in [5.74, 6) is 1.13. The maximum absolute atomic E-state index is 6.05. The monoisotopic (exact) mass is 342 g/mol. The summed E-state index contributed by atoms with van der Waals surface area (Å²) >= 11 is 18.0. The van der Waals surface area contributed by atoms with Gasteiger partial charge >= 0.3 is 0 Å². The number of halogens is 3. The van der Waals surface area contributed by atoms with Gasteiger partial charge in [-0.15, -0.1) is 0 Å². The molecule has 2 heterocycles. The number of benzene rings is 1. The fraction of sp³-hybridized carbons (Fsp3) is 0.357. The summed E-state index contributed by atoms with van der Waals surface area (Å²) in [7, 11) is 0. The summed E-state index contributed by atoms with van der Waals surface area (Å²) in [6, 6.07) is 5.27. The molecule has 0 bridgehead atoms. The second kappa shape index (κ2) is 6.34. The molecule has 1 fully saturated rings. The Balaban J connectivity index is 1.98. The van der Waals surface area contributed by atoms with Crippen molar-refractivity contribution in [3.63, 3.8) is 0 Å². The molecule has 0 saturated carbocycles. The van der Waals surface area contributed by atoms with Gasteiger partial charge in [-0.1, -0.05) is 23.2 Å². The zero-order valence-corrected chi connectivity index (χ0v) is 13.5. The van der Waals surface area contributed by atoms with Gasteiger partial charge in [0.05, 0.1) is 10.0 Å². The molecule has 0 aliphatic carbocycles. The average Bonchev–Trinajstić information content (AvgIpc) is 2.50. The maximum Gasteiger partial charge on any atom is 0.230 e. The van der Waals surface area contributed by atoms with E-state index in [0.717, 1.165) is 31.5 Å². The molecule has 1 saturated heterocycles. The van der Waals surface area contributed by atoms with E-state index in [-0.39, 0.29) is 5.28 Å². The number of anilines is 1. The molecule has 110 valence electrons. The van der Waals surface area contributed by atoms with Gasteiger partial charge in [0.2, 0.25) is 11.2 Å². The van der Waals surface area contributed by atoms with Crippen LogP contribution in [-0.4, -0.2) is 28.0 Å². The van der Waals surface area contributed by atoms with Crippen LogP contribution >= 0.6 is 34.8 Å². The van der Waals surface area contributed by atoms with E-state index in [4.69, 9.17) is 34.8 Å². The van der Waals surface area contributed by atoms with Gasteiger partial charge in [0.25, 0.3) is 0 Å². The molecule has 1 aliphatic rings. The number of rotatable bonds is 2. The number of piperidine rings is 1. The molecule has 1 aromatic heterocycles.